The van der Waals surface area contributed by atoms with E-state index in [1.807, 2.05) is 13.8 Å². The van der Waals surface area contributed by atoms with Crippen LogP contribution in [0.5, 0.6) is 23.0 Å². The van der Waals surface area contributed by atoms with Crippen molar-refractivity contribution >= 4 is 34.7 Å². The molecule has 198 valence electrons. The lowest BCUT2D eigenvalue weighted by Crippen LogP contribution is -2.29. The van der Waals surface area contributed by atoms with Crippen LogP contribution < -0.4 is 23.8 Å². The Labute approximate surface area is 225 Å². The second-order valence-corrected chi connectivity index (χ2v) is 8.70. The van der Waals surface area contributed by atoms with Crippen LogP contribution in [0.15, 0.2) is 66.2 Å². The molecule has 1 atom stereocenters. The molecule has 3 aromatic carbocycles. The number of ether oxygens (including phenoxy) is 4. The van der Waals surface area contributed by atoms with Crippen molar-refractivity contribution in [1.82, 2.24) is 0 Å². The molecule has 1 heterocycles. The maximum absolute atomic E-state index is 13.5. The summed E-state index contributed by atoms with van der Waals surface area (Å²) < 4.78 is 22.0. The van der Waals surface area contributed by atoms with Gasteiger partial charge in [-0.25, -0.2) is 0 Å². The quantitative estimate of drug-likeness (QED) is 0.210. The van der Waals surface area contributed by atoms with Crippen LogP contribution in [0.1, 0.15) is 31.0 Å². The van der Waals surface area contributed by atoms with Crippen LogP contribution >= 0.6 is 11.6 Å². The number of halogens is 1. The molecule has 0 radical (unpaired) electrons. The van der Waals surface area contributed by atoms with Crippen LogP contribution in [0.3, 0.4) is 0 Å². The van der Waals surface area contributed by atoms with E-state index in [1.165, 1.54) is 19.1 Å². The monoisotopic (exact) mass is 537 g/mol. The number of carbonyl (C=O) groups excluding carboxylic acids is 2. The molecule has 1 aliphatic rings. The second kappa shape index (κ2) is 11.5. The SMILES string of the molecule is CCOc1cc(/C(O)=C2/C(=O)C(=O)N(c3ccc(OC)cc3)C2c2ccc(OC)c(OCC)c2)ccc1Cl. The molecule has 1 unspecified atom stereocenters. The van der Waals surface area contributed by atoms with Gasteiger partial charge in [-0.15, -0.1) is 0 Å². The number of amides is 1. The van der Waals surface area contributed by atoms with Gasteiger partial charge in [0.05, 0.1) is 44.1 Å². The Morgan fingerprint density at radius 1 is 0.868 bits per heavy atom. The van der Waals surface area contributed by atoms with E-state index >= 15 is 0 Å². The molecule has 8 nitrogen and oxygen atoms in total. The molecule has 1 fully saturated rings. The third-order valence-electron chi connectivity index (χ3n) is 6.10. The van der Waals surface area contributed by atoms with Crippen molar-refractivity contribution < 1.29 is 33.6 Å². The van der Waals surface area contributed by atoms with Gasteiger partial charge in [0.25, 0.3) is 11.7 Å². The lowest BCUT2D eigenvalue weighted by Gasteiger charge is -2.26. The minimum Gasteiger partial charge on any atom is -0.507 e. The number of aliphatic hydroxyl groups excluding tert-OH is 1. The highest BCUT2D eigenvalue weighted by atomic mass is 35.5. The lowest BCUT2D eigenvalue weighted by molar-refractivity contribution is -0.132. The highest BCUT2D eigenvalue weighted by Crippen LogP contribution is 2.45. The van der Waals surface area contributed by atoms with Crippen molar-refractivity contribution in [2.45, 2.75) is 19.9 Å². The fourth-order valence-corrected chi connectivity index (χ4v) is 4.53. The topological polar surface area (TPSA) is 94.5 Å². The van der Waals surface area contributed by atoms with Crippen LogP contribution in [-0.4, -0.2) is 44.2 Å². The first kappa shape index (κ1) is 26.9. The molecule has 0 spiro atoms. The van der Waals surface area contributed by atoms with E-state index in [1.54, 1.807) is 60.7 Å². The first-order chi connectivity index (χ1) is 18.3. The van der Waals surface area contributed by atoms with Gasteiger partial charge >= 0.3 is 0 Å². The van der Waals surface area contributed by atoms with Crippen molar-refractivity contribution in [2.24, 2.45) is 0 Å². The van der Waals surface area contributed by atoms with Gasteiger partial charge in [-0.3, -0.25) is 14.5 Å². The van der Waals surface area contributed by atoms with Gasteiger partial charge < -0.3 is 24.1 Å². The van der Waals surface area contributed by atoms with Crippen molar-refractivity contribution in [2.75, 3.05) is 32.3 Å². The maximum Gasteiger partial charge on any atom is 0.300 e. The van der Waals surface area contributed by atoms with Crippen molar-refractivity contribution in [3.05, 3.63) is 82.4 Å². The zero-order valence-electron chi connectivity index (χ0n) is 21.5. The van der Waals surface area contributed by atoms with Gasteiger partial charge in [-0.05, 0) is 74.0 Å². The van der Waals surface area contributed by atoms with Gasteiger partial charge in [-0.2, -0.15) is 0 Å². The summed E-state index contributed by atoms with van der Waals surface area (Å²) in [6, 6.07) is 15.6. The highest BCUT2D eigenvalue weighted by Gasteiger charge is 2.47. The van der Waals surface area contributed by atoms with E-state index in [2.05, 4.69) is 0 Å². The fourth-order valence-electron chi connectivity index (χ4n) is 4.36. The first-order valence-electron chi connectivity index (χ1n) is 12.0. The van der Waals surface area contributed by atoms with E-state index in [9.17, 15) is 14.7 Å². The van der Waals surface area contributed by atoms with Gasteiger partial charge in [0.2, 0.25) is 0 Å². The zero-order chi connectivity index (χ0) is 27.4. The summed E-state index contributed by atoms with van der Waals surface area (Å²) in [5.74, 6) is -0.0823. The number of hydrogen-bond acceptors (Lipinski definition) is 7. The van der Waals surface area contributed by atoms with Crippen LogP contribution in [0.2, 0.25) is 5.02 Å². The average Bonchev–Trinajstić information content (AvgIpc) is 3.20. The Kier molecular flexibility index (Phi) is 8.12. The number of Topliss-reactive ketones (excluding diaryl/α,β-unsaturated/α-hetero) is 1. The summed E-state index contributed by atoms with van der Waals surface area (Å²) >= 11 is 6.23. The van der Waals surface area contributed by atoms with Gasteiger partial charge in [0, 0.05) is 11.3 Å². The number of rotatable bonds is 9. The molecule has 1 aliphatic heterocycles. The summed E-state index contributed by atoms with van der Waals surface area (Å²) in [7, 11) is 3.06. The minimum absolute atomic E-state index is 0.0804. The smallest absolute Gasteiger partial charge is 0.300 e. The van der Waals surface area contributed by atoms with Crippen LogP contribution in [0.25, 0.3) is 5.76 Å². The van der Waals surface area contributed by atoms with Crippen molar-refractivity contribution in [3.63, 3.8) is 0 Å². The molecule has 1 amide bonds. The lowest BCUT2D eigenvalue weighted by atomic mass is 9.94. The number of ketones is 1. The van der Waals surface area contributed by atoms with Gasteiger partial charge in [-0.1, -0.05) is 17.7 Å². The molecular formula is C29H28ClNO7. The molecule has 0 saturated carbocycles. The second-order valence-electron chi connectivity index (χ2n) is 8.29. The molecular weight excluding hydrogens is 510 g/mol. The van der Waals surface area contributed by atoms with E-state index in [0.29, 0.717) is 52.5 Å². The van der Waals surface area contributed by atoms with E-state index in [0.717, 1.165) is 0 Å². The van der Waals surface area contributed by atoms with E-state index in [-0.39, 0.29) is 16.9 Å². The number of hydrogen-bond donors (Lipinski definition) is 1. The number of nitrogens with zero attached hydrogens (tertiary/aromatic N) is 1. The number of carbonyl (C=O) groups is 2. The summed E-state index contributed by atoms with van der Waals surface area (Å²) in [4.78, 5) is 28.3. The largest absolute Gasteiger partial charge is 0.507 e. The van der Waals surface area contributed by atoms with Crippen molar-refractivity contribution in [1.29, 1.82) is 0 Å². The summed E-state index contributed by atoms with van der Waals surface area (Å²) in [5.41, 5.74) is 1.21. The molecule has 0 aliphatic carbocycles. The standard InChI is InChI=1S/C29H28ClNO7/c1-5-37-23-16-18(7-13-21(23)30)27(32)25-26(17-8-14-22(36-4)24(15-17)38-6-2)31(29(34)28(25)33)19-9-11-20(35-3)12-10-19/h7-16,26,32H,5-6H2,1-4H3/b27-25-. The number of benzene rings is 3. The minimum atomic E-state index is -0.959. The molecule has 1 N–H and O–H groups in total. The Morgan fingerprint density at radius 3 is 2.18 bits per heavy atom. The third kappa shape index (κ3) is 4.99. The van der Waals surface area contributed by atoms with Crippen molar-refractivity contribution in [3.8, 4) is 23.0 Å². The predicted octanol–water partition coefficient (Wildman–Crippen LogP) is 5.78. The Balaban J connectivity index is 1.95. The molecule has 3 aromatic rings. The third-order valence-corrected chi connectivity index (χ3v) is 6.42. The maximum atomic E-state index is 13.5. The summed E-state index contributed by atoms with van der Waals surface area (Å²) in [5, 5.41) is 11.8. The molecule has 38 heavy (non-hydrogen) atoms. The van der Waals surface area contributed by atoms with Crippen LogP contribution in [0.4, 0.5) is 5.69 Å². The van der Waals surface area contributed by atoms with E-state index in [4.69, 9.17) is 30.5 Å². The highest BCUT2D eigenvalue weighted by molar-refractivity contribution is 6.51. The molecule has 9 heteroatoms. The molecule has 0 aromatic heterocycles. The number of methoxy groups -OCH3 is 2. The van der Waals surface area contributed by atoms with Gasteiger partial charge in [0.1, 0.15) is 17.3 Å². The summed E-state index contributed by atoms with van der Waals surface area (Å²) in [6.07, 6.45) is 0. The van der Waals surface area contributed by atoms with Crippen LogP contribution in [-0.2, 0) is 9.59 Å². The summed E-state index contributed by atoms with van der Waals surface area (Å²) in [6.45, 7) is 4.39. The van der Waals surface area contributed by atoms with Crippen LogP contribution in [0, 0.1) is 0 Å². The predicted molar refractivity (Wildman–Crippen MR) is 145 cm³/mol. The first-order valence-corrected chi connectivity index (χ1v) is 12.4. The number of aliphatic hydroxyl groups is 1. The Hall–Kier alpha value is -4.17. The van der Waals surface area contributed by atoms with Gasteiger partial charge in [0.15, 0.2) is 11.5 Å². The Morgan fingerprint density at radius 2 is 1.55 bits per heavy atom. The number of anilines is 1. The molecule has 0 bridgehead atoms. The fraction of sp³-hybridized carbons (Fsp3) is 0.241. The molecule has 1 saturated heterocycles. The Bertz CT molecular complexity index is 1380. The zero-order valence-corrected chi connectivity index (χ0v) is 22.2. The normalized spacial score (nSPS) is 16.4. The average molecular weight is 538 g/mol. The van der Waals surface area contributed by atoms with E-state index < -0.39 is 17.7 Å². The molecule has 4 rings (SSSR count).